The summed E-state index contributed by atoms with van der Waals surface area (Å²) in [5.41, 5.74) is 1.79. The normalized spacial score (nSPS) is 10.6. The minimum absolute atomic E-state index is 0.0566. The zero-order valence-corrected chi connectivity index (χ0v) is 11.9. The van der Waals surface area contributed by atoms with Gasteiger partial charge in [-0.1, -0.05) is 12.1 Å². The second kappa shape index (κ2) is 5.73. The quantitative estimate of drug-likeness (QED) is 0.885. The van der Waals surface area contributed by atoms with Crippen molar-refractivity contribution < 1.29 is 9.59 Å². The van der Waals surface area contributed by atoms with E-state index in [1.807, 2.05) is 35.8 Å². The molecule has 6 nitrogen and oxygen atoms in total. The predicted octanol–water partition coefficient (Wildman–Crippen LogP) is 0.549. The highest BCUT2D eigenvalue weighted by Gasteiger charge is 2.15. The Morgan fingerprint density at radius 3 is 2.75 bits per heavy atom. The van der Waals surface area contributed by atoms with Gasteiger partial charge in [0.1, 0.15) is 12.4 Å². The minimum atomic E-state index is -0.187. The molecule has 0 fully saturated rings. The smallest absolute Gasteiger partial charge is 0.242 e. The Kier molecular flexibility index (Phi) is 4.02. The summed E-state index contributed by atoms with van der Waals surface area (Å²) in [7, 11) is 3.17. The first-order valence-electron chi connectivity index (χ1n) is 6.39. The molecule has 1 heterocycles. The van der Waals surface area contributed by atoms with Crippen molar-refractivity contribution >= 4 is 22.8 Å². The number of nitrogens with zero attached hydrogens (tertiary/aromatic N) is 3. The Labute approximate surface area is 117 Å². The molecule has 1 N–H and O–H groups in total. The van der Waals surface area contributed by atoms with Crippen molar-refractivity contribution in [3.63, 3.8) is 0 Å². The number of hydrogen-bond donors (Lipinski definition) is 1. The highest BCUT2D eigenvalue weighted by Crippen LogP contribution is 2.15. The zero-order valence-electron chi connectivity index (χ0n) is 11.9. The molecule has 0 radical (unpaired) electrons. The van der Waals surface area contributed by atoms with Crippen LogP contribution in [0.4, 0.5) is 0 Å². The number of likely N-dealkylation sites (N-methyl/N-ethyl adjacent to an activating group) is 2. The van der Waals surface area contributed by atoms with Gasteiger partial charge in [0.15, 0.2) is 0 Å². The molecular formula is C14H18N4O2. The summed E-state index contributed by atoms with van der Waals surface area (Å²) in [6.45, 7) is 2.10. The molecule has 2 aromatic rings. The van der Waals surface area contributed by atoms with Gasteiger partial charge in [0, 0.05) is 14.1 Å². The van der Waals surface area contributed by atoms with E-state index < -0.39 is 0 Å². The predicted molar refractivity (Wildman–Crippen MR) is 76.2 cm³/mol. The topological polar surface area (TPSA) is 67.2 Å². The average Bonchev–Trinajstić information content (AvgIpc) is 2.75. The van der Waals surface area contributed by atoms with E-state index in [9.17, 15) is 9.59 Å². The lowest BCUT2D eigenvalue weighted by molar-refractivity contribution is -0.135. The molecule has 0 spiro atoms. The van der Waals surface area contributed by atoms with Crippen molar-refractivity contribution in [2.45, 2.75) is 13.5 Å². The number of hydrogen-bond acceptors (Lipinski definition) is 3. The first-order chi connectivity index (χ1) is 9.52. The maximum absolute atomic E-state index is 12.2. The van der Waals surface area contributed by atoms with Crippen LogP contribution in [0.25, 0.3) is 11.0 Å². The maximum atomic E-state index is 12.2. The largest absolute Gasteiger partial charge is 0.358 e. The van der Waals surface area contributed by atoms with Gasteiger partial charge in [-0.3, -0.25) is 9.59 Å². The first kappa shape index (κ1) is 14.0. The Balaban J connectivity index is 2.17. The number of nitrogens with one attached hydrogen (secondary N) is 1. The summed E-state index contributed by atoms with van der Waals surface area (Å²) >= 11 is 0. The number of imidazole rings is 1. The number of para-hydroxylation sites is 2. The van der Waals surface area contributed by atoms with Crippen LogP contribution in [0.2, 0.25) is 0 Å². The molecule has 2 amide bonds. The molecule has 0 bridgehead atoms. The summed E-state index contributed by atoms with van der Waals surface area (Å²) in [5.74, 6) is 0.473. The van der Waals surface area contributed by atoms with Crippen LogP contribution in [0.15, 0.2) is 24.3 Å². The molecule has 0 aliphatic rings. The lowest BCUT2D eigenvalue weighted by atomic mass is 10.3. The number of carbonyl (C=O) groups excluding carboxylic acids is 2. The molecule has 6 heteroatoms. The van der Waals surface area contributed by atoms with Gasteiger partial charge in [-0.2, -0.15) is 0 Å². The number of benzene rings is 1. The molecule has 0 aliphatic carbocycles. The van der Waals surface area contributed by atoms with Crippen LogP contribution >= 0.6 is 0 Å². The first-order valence-corrected chi connectivity index (χ1v) is 6.39. The third-order valence-electron chi connectivity index (χ3n) is 3.22. The van der Waals surface area contributed by atoms with Crippen LogP contribution in [0.5, 0.6) is 0 Å². The Morgan fingerprint density at radius 2 is 2.05 bits per heavy atom. The maximum Gasteiger partial charge on any atom is 0.242 e. The molecule has 0 saturated carbocycles. The third kappa shape index (κ3) is 2.79. The summed E-state index contributed by atoms with van der Waals surface area (Å²) in [4.78, 5) is 29.3. The molecule has 2 rings (SSSR count). The molecule has 1 aromatic heterocycles. The van der Waals surface area contributed by atoms with E-state index in [2.05, 4.69) is 10.3 Å². The Morgan fingerprint density at radius 1 is 1.35 bits per heavy atom. The molecule has 0 aliphatic heterocycles. The van der Waals surface area contributed by atoms with E-state index in [1.54, 1.807) is 14.1 Å². The molecule has 0 unspecified atom stereocenters. The summed E-state index contributed by atoms with van der Waals surface area (Å²) in [5, 5.41) is 2.50. The van der Waals surface area contributed by atoms with Crippen molar-refractivity contribution in [2.24, 2.45) is 0 Å². The van der Waals surface area contributed by atoms with Crippen molar-refractivity contribution in [2.75, 3.05) is 20.6 Å². The lowest BCUT2D eigenvalue weighted by Gasteiger charge is -2.17. The summed E-state index contributed by atoms with van der Waals surface area (Å²) < 4.78 is 1.86. The van der Waals surface area contributed by atoms with Gasteiger partial charge in [0.05, 0.1) is 17.6 Å². The van der Waals surface area contributed by atoms with E-state index in [-0.39, 0.29) is 24.9 Å². The minimum Gasteiger partial charge on any atom is -0.358 e. The monoisotopic (exact) mass is 274 g/mol. The molecule has 0 atom stereocenters. The van der Waals surface area contributed by atoms with Crippen LogP contribution in [0.1, 0.15) is 5.82 Å². The number of aryl methyl sites for hydroxylation is 1. The molecular weight excluding hydrogens is 256 g/mol. The second-order valence-electron chi connectivity index (χ2n) is 4.66. The van der Waals surface area contributed by atoms with Crippen molar-refractivity contribution in [3.8, 4) is 0 Å². The van der Waals surface area contributed by atoms with Gasteiger partial charge in [0.2, 0.25) is 11.8 Å². The van der Waals surface area contributed by atoms with Crippen LogP contribution < -0.4 is 5.32 Å². The van der Waals surface area contributed by atoms with Crippen LogP contribution in [-0.4, -0.2) is 46.9 Å². The summed E-state index contributed by atoms with van der Waals surface area (Å²) in [6, 6.07) is 7.68. The van der Waals surface area contributed by atoms with E-state index >= 15 is 0 Å². The van der Waals surface area contributed by atoms with E-state index in [4.69, 9.17) is 0 Å². The van der Waals surface area contributed by atoms with E-state index in [0.29, 0.717) is 0 Å². The summed E-state index contributed by atoms with van der Waals surface area (Å²) in [6.07, 6.45) is 0. The SMILES string of the molecule is CNC(=O)CN(C)C(=O)Cn1c(C)nc2ccccc21. The van der Waals surface area contributed by atoms with Gasteiger partial charge in [-0.05, 0) is 19.1 Å². The average molecular weight is 274 g/mol. The molecule has 20 heavy (non-hydrogen) atoms. The number of carbonyl (C=O) groups is 2. The second-order valence-corrected chi connectivity index (χ2v) is 4.66. The fourth-order valence-electron chi connectivity index (χ4n) is 2.03. The number of fused-ring (bicyclic) bond motifs is 1. The van der Waals surface area contributed by atoms with Crippen LogP contribution in [-0.2, 0) is 16.1 Å². The van der Waals surface area contributed by atoms with E-state index in [1.165, 1.54) is 4.90 Å². The highest BCUT2D eigenvalue weighted by atomic mass is 16.2. The third-order valence-corrected chi connectivity index (χ3v) is 3.22. The van der Waals surface area contributed by atoms with Gasteiger partial charge >= 0.3 is 0 Å². The van der Waals surface area contributed by atoms with Gasteiger partial charge in [-0.25, -0.2) is 4.98 Å². The Bertz CT molecular complexity index is 648. The van der Waals surface area contributed by atoms with Crippen molar-refractivity contribution in [1.29, 1.82) is 0 Å². The zero-order chi connectivity index (χ0) is 14.7. The standard InChI is InChI=1S/C14H18N4O2/c1-10-16-11-6-4-5-7-12(11)18(10)9-14(20)17(3)8-13(19)15-2/h4-7H,8-9H2,1-3H3,(H,15,19). The fourth-order valence-corrected chi connectivity index (χ4v) is 2.03. The fraction of sp³-hybridized carbons (Fsp3) is 0.357. The number of aromatic nitrogens is 2. The van der Waals surface area contributed by atoms with Crippen molar-refractivity contribution in [1.82, 2.24) is 19.8 Å². The highest BCUT2D eigenvalue weighted by molar-refractivity contribution is 5.85. The van der Waals surface area contributed by atoms with Crippen LogP contribution in [0, 0.1) is 6.92 Å². The lowest BCUT2D eigenvalue weighted by Crippen LogP contribution is -2.38. The number of amides is 2. The van der Waals surface area contributed by atoms with Gasteiger partial charge in [-0.15, -0.1) is 0 Å². The molecule has 1 aromatic carbocycles. The van der Waals surface area contributed by atoms with Gasteiger partial charge in [0.25, 0.3) is 0 Å². The number of rotatable bonds is 4. The molecule has 106 valence electrons. The van der Waals surface area contributed by atoms with E-state index in [0.717, 1.165) is 16.9 Å². The molecule has 0 saturated heterocycles. The van der Waals surface area contributed by atoms with Crippen LogP contribution in [0.3, 0.4) is 0 Å². The van der Waals surface area contributed by atoms with Gasteiger partial charge < -0.3 is 14.8 Å². The Hall–Kier alpha value is -2.37. The van der Waals surface area contributed by atoms with Crippen molar-refractivity contribution in [3.05, 3.63) is 30.1 Å².